The van der Waals surface area contributed by atoms with Crippen molar-refractivity contribution in [2.75, 3.05) is 19.6 Å². The molecule has 1 aliphatic heterocycles. The van der Waals surface area contributed by atoms with Crippen molar-refractivity contribution >= 4 is 0 Å². The number of rotatable bonds is 3. The average Bonchev–Trinajstić information content (AvgIpc) is 2.78. The third-order valence-corrected chi connectivity index (χ3v) is 3.01. The molecular weight excluding hydrogens is 178 g/mol. The zero-order valence-corrected chi connectivity index (χ0v) is 8.57. The molecule has 1 aromatic rings. The molecule has 78 valence electrons. The molecule has 0 amide bonds. The Bertz CT molecular complexity index is 286. The van der Waals surface area contributed by atoms with Crippen molar-refractivity contribution in [1.82, 2.24) is 10.1 Å². The van der Waals surface area contributed by atoms with E-state index in [9.17, 15) is 0 Å². The Morgan fingerprint density at radius 1 is 1.71 bits per heavy atom. The lowest BCUT2D eigenvalue weighted by atomic mass is 9.90. The average molecular weight is 195 g/mol. The lowest BCUT2D eigenvalue weighted by Crippen LogP contribution is -2.31. The van der Waals surface area contributed by atoms with E-state index in [-0.39, 0.29) is 0 Å². The van der Waals surface area contributed by atoms with Crippen molar-refractivity contribution < 1.29 is 4.52 Å². The minimum absolute atomic E-state index is 0.295. The normalized spacial score (nSPS) is 28.4. The molecule has 0 saturated carbocycles. The predicted octanol–water partition coefficient (Wildman–Crippen LogP) is 0.845. The minimum atomic E-state index is 0.295. The van der Waals surface area contributed by atoms with Crippen molar-refractivity contribution in [3.8, 4) is 0 Å². The smallest absolute Gasteiger partial charge is 0.124 e. The Morgan fingerprint density at radius 3 is 3.14 bits per heavy atom. The highest BCUT2D eigenvalue weighted by molar-refractivity contribution is 4.97. The lowest BCUT2D eigenvalue weighted by Gasteiger charge is -2.21. The molecule has 0 spiro atoms. The Labute approximate surface area is 84.0 Å². The van der Waals surface area contributed by atoms with Crippen LogP contribution in [0, 0.1) is 5.41 Å². The monoisotopic (exact) mass is 195 g/mol. The largest absolute Gasteiger partial charge is 0.364 e. The molecule has 0 bridgehead atoms. The number of aromatic nitrogens is 1. The first-order valence-corrected chi connectivity index (χ1v) is 5.04. The van der Waals surface area contributed by atoms with Gasteiger partial charge in [-0.25, -0.2) is 0 Å². The molecule has 1 aliphatic rings. The van der Waals surface area contributed by atoms with Crippen LogP contribution in [0.5, 0.6) is 0 Å². The molecule has 1 unspecified atom stereocenters. The van der Waals surface area contributed by atoms with Crippen LogP contribution in [-0.4, -0.2) is 29.7 Å². The fourth-order valence-corrected chi connectivity index (χ4v) is 1.98. The quantitative estimate of drug-likeness (QED) is 0.776. The SMILES string of the molecule is CC1(CN)CCN(Cc2ccon2)C1. The summed E-state index contributed by atoms with van der Waals surface area (Å²) in [5.74, 6) is 0. The third-order valence-electron chi connectivity index (χ3n) is 3.01. The highest BCUT2D eigenvalue weighted by Crippen LogP contribution is 2.29. The van der Waals surface area contributed by atoms with Gasteiger partial charge in [-0.1, -0.05) is 12.1 Å². The molecule has 2 N–H and O–H groups in total. The van der Waals surface area contributed by atoms with Gasteiger partial charge in [-0.2, -0.15) is 0 Å². The second-order valence-electron chi connectivity index (χ2n) is 4.47. The van der Waals surface area contributed by atoms with E-state index in [2.05, 4.69) is 17.0 Å². The van der Waals surface area contributed by atoms with Crippen LogP contribution in [0.2, 0.25) is 0 Å². The molecule has 0 aromatic carbocycles. The van der Waals surface area contributed by atoms with Gasteiger partial charge in [-0.3, -0.25) is 4.90 Å². The van der Waals surface area contributed by atoms with Crippen LogP contribution in [-0.2, 0) is 6.54 Å². The Morgan fingerprint density at radius 2 is 2.57 bits per heavy atom. The molecule has 1 saturated heterocycles. The standard InChI is InChI=1S/C10H17N3O/c1-10(7-11)3-4-13(8-10)6-9-2-5-14-12-9/h2,5H,3-4,6-8,11H2,1H3. The zero-order chi connectivity index (χ0) is 10.0. The van der Waals surface area contributed by atoms with Gasteiger partial charge in [0.05, 0.1) is 5.69 Å². The van der Waals surface area contributed by atoms with Gasteiger partial charge < -0.3 is 10.3 Å². The summed E-state index contributed by atoms with van der Waals surface area (Å²) in [6.45, 7) is 6.07. The minimum Gasteiger partial charge on any atom is -0.364 e. The second-order valence-corrected chi connectivity index (χ2v) is 4.47. The van der Waals surface area contributed by atoms with E-state index in [1.54, 1.807) is 6.26 Å². The Hall–Kier alpha value is -0.870. The van der Waals surface area contributed by atoms with E-state index in [0.29, 0.717) is 5.41 Å². The predicted molar refractivity (Wildman–Crippen MR) is 53.6 cm³/mol. The summed E-state index contributed by atoms with van der Waals surface area (Å²) in [6, 6.07) is 1.91. The summed E-state index contributed by atoms with van der Waals surface area (Å²) in [4.78, 5) is 2.38. The highest BCUT2D eigenvalue weighted by atomic mass is 16.5. The van der Waals surface area contributed by atoms with Gasteiger partial charge in [-0.15, -0.1) is 0 Å². The molecule has 4 heteroatoms. The van der Waals surface area contributed by atoms with Crippen LogP contribution >= 0.6 is 0 Å². The zero-order valence-electron chi connectivity index (χ0n) is 8.57. The maximum Gasteiger partial charge on any atom is 0.124 e. The van der Waals surface area contributed by atoms with Gasteiger partial charge in [0.15, 0.2) is 0 Å². The van der Waals surface area contributed by atoms with Crippen molar-refractivity contribution in [1.29, 1.82) is 0 Å². The summed E-state index contributed by atoms with van der Waals surface area (Å²) < 4.78 is 4.80. The fraction of sp³-hybridized carbons (Fsp3) is 0.700. The van der Waals surface area contributed by atoms with Gasteiger partial charge in [0.1, 0.15) is 6.26 Å². The highest BCUT2D eigenvalue weighted by Gasteiger charge is 2.32. The van der Waals surface area contributed by atoms with Crippen LogP contribution in [0.4, 0.5) is 0 Å². The van der Waals surface area contributed by atoms with Gasteiger partial charge >= 0.3 is 0 Å². The van der Waals surface area contributed by atoms with Crippen LogP contribution in [0.3, 0.4) is 0 Å². The molecular formula is C10H17N3O. The van der Waals surface area contributed by atoms with E-state index in [1.165, 1.54) is 6.42 Å². The molecule has 2 heterocycles. The van der Waals surface area contributed by atoms with E-state index < -0.39 is 0 Å². The number of likely N-dealkylation sites (tertiary alicyclic amines) is 1. The topological polar surface area (TPSA) is 55.3 Å². The number of hydrogen-bond acceptors (Lipinski definition) is 4. The molecule has 1 aromatic heterocycles. The van der Waals surface area contributed by atoms with E-state index in [1.807, 2.05) is 6.07 Å². The summed E-state index contributed by atoms with van der Waals surface area (Å²) in [5.41, 5.74) is 7.04. The van der Waals surface area contributed by atoms with Crippen molar-refractivity contribution in [2.24, 2.45) is 11.1 Å². The second kappa shape index (κ2) is 3.71. The van der Waals surface area contributed by atoms with Crippen LogP contribution < -0.4 is 5.73 Å². The Balaban J connectivity index is 1.90. The summed E-state index contributed by atoms with van der Waals surface area (Å²) >= 11 is 0. The third kappa shape index (κ3) is 1.96. The van der Waals surface area contributed by atoms with E-state index >= 15 is 0 Å². The fourth-order valence-electron chi connectivity index (χ4n) is 1.98. The Kier molecular flexibility index (Phi) is 2.56. The molecule has 0 radical (unpaired) electrons. The summed E-state index contributed by atoms with van der Waals surface area (Å²) in [5, 5.41) is 3.91. The number of nitrogens with two attached hydrogens (primary N) is 1. The first-order valence-electron chi connectivity index (χ1n) is 5.04. The van der Waals surface area contributed by atoms with Gasteiger partial charge in [-0.05, 0) is 24.9 Å². The van der Waals surface area contributed by atoms with Gasteiger partial charge in [0.25, 0.3) is 0 Å². The molecule has 2 rings (SSSR count). The first kappa shape index (κ1) is 9.68. The lowest BCUT2D eigenvalue weighted by molar-refractivity contribution is 0.267. The molecule has 1 fully saturated rings. The summed E-state index contributed by atoms with van der Waals surface area (Å²) in [7, 11) is 0. The van der Waals surface area contributed by atoms with Crippen LogP contribution in [0.1, 0.15) is 19.0 Å². The van der Waals surface area contributed by atoms with E-state index in [0.717, 1.165) is 31.9 Å². The maximum atomic E-state index is 5.74. The first-order chi connectivity index (χ1) is 6.72. The number of hydrogen-bond donors (Lipinski definition) is 1. The van der Waals surface area contributed by atoms with Crippen LogP contribution in [0.25, 0.3) is 0 Å². The molecule has 4 nitrogen and oxygen atoms in total. The summed E-state index contributed by atoms with van der Waals surface area (Å²) in [6.07, 6.45) is 2.80. The molecule has 1 atom stereocenters. The van der Waals surface area contributed by atoms with Crippen molar-refractivity contribution in [2.45, 2.75) is 19.9 Å². The van der Waals surface area contributed by atoms with Crippen molar-refractivity contribution in [3.05, 3.63) is 18.0 Å². The molecule has 14 heavy (non-hydrogen) atoms. The van der Waals surface area contributed by atoms with Crippen LogP contribution in [0.15, 0.2) is 16.9 Å². The van der Waals surface area contributed by atoms with Crippen molar-refractivity contribution in [3.63, 3.8) is 0 Å². The molecule has 0 aliphatic carbocycles. The van der Waals surface area contributed by atoms with Gasteiger partial charge in [0.2, 0.25) is 0 Å². The number of nitrogens with zero attached hydrogens (tertiary/aromatic N) is 2. The van der Waals surface area contributed by atoms with E-state index in [4.69, 9.17) is 10.3 Å². The van der Waals surface area contributed by atoms with Gasteiger partial charge in [0, 0.05) is 19.2 Å². The maximum absolute atomic E-state index is 5.74.